The summed E-state index contributed by atoms with van der Waals surface area (Å²) in [7, 11) is 0. The predicted octanol–water partition coefficient (Wildman–Crippen LogP) is 4.77. The molecule has 0 spiro atoms. The van der Waals surface area contributed by atoms with E-state index in [0.717, 1.165) is 21.5 Å². The monoisotopic (exact) mass is 364 g/mol. The zero-order valence-electron chi connectivity index (χ0n) is 9.13. The van der Waals surface area contributed by atoms with Gasteiger partial charge in [-0.2, -0.15) is 0 Å². The van der Waals surface area contributed by atoms with Gasteiger partial charge in [-0.1, -0.05) is 23.2 Å². The van der Waals surface area contributed by atoms with Crippen molar-refractivity contribution >= 4 is 62.1 Å². The molecule has 0 aliphatic heterocycles. The zero-order valence-corrected chi connectivity index (χ0v) is 13.0. The van der Waals surface area contributed by atoms with Crippen LogP contribution in [0.2, 0.25) is 8.67 Å². The Bertz CT molecular complexity index is 615. The number of pyridine rings is 1. The smallest absolute Gasteiger partial charge is 0.258 e. The number of nitrogens with one attached hydrogen (secondary N) is 1. The SMILES string of the molecule is Cc1cc(NC(=O)c2cc(Cl)sc2Cl)cnc1Br. The van der Waals surface area contributed by atoms with Gasteiger partial charge in [0.05, 0.1) is 21.8 Å². The Labute approximate surface area is 126 Å². The quantitative estimate of drug-likeness (QED) is 0.778. The number of amides is 1. The molecule has 0 atom stereocenters. The lowest BCUT2D eigenvalue weighted by atomic mass is 10.2. The van der Waals surface area contributed by atoms with Crippen LogP contribution in [-0.4, -0.2) is 10.9 Å². The van der Waals surface area contributed by atoms with Crippen molar-refractivity contribution in [1.29, 1.82) is 0 Å². The van der Waals surface area contributed by atoms with Gasteiger partial charge in [0, 0.05) is 0 Å². The van der Waals surface area contributed by atoms with Crippen molar-refractivity contribution in [1.82, 2.24) is 4.98 Å². The summed E-state index contributed by atoms with van der Waals surface area (Å²) in [6.45, 7) is 1.89. The van der Waals surface area contributed by atoms with Crippen molar-refractivity contribution in [3.05, 3.63) is 42.7 Å². The highest BCUT2D eigenvalue weighted by Crippen LogP contribution is 2.31. The molecule has 94 valence electrons. The van der Waals surface area contributed by atoms with Crippen LogP contribution < -0.4 is 5.32 Å². The third-order valence-corrected chi connectivity index (χ3v) is 4.49. The summed E-state index contributed by atoms with van der Waals surface area (Å²) in [4.78, 5) is 16.1. The molecule has 0 bridgehead atoms. The average Bonchev–Trinajstić information content (AvgIpc) is 2.63. The summed E-state index contributed by atoms with van der Waals surface area (Å²) < 4.78 is 1.60. The molecule has 0 saturated heterocycles. The molecule has 1 amide bonds. The highest BCUT2D eigenvalue weighted by Gasteiger charge is 2.14. The van der Waals surface area contributed by atoms with Gasteiger partial charge in [-0.3, -0.25) is 4.79 Å². The summed E-state index contributed by atoms with van der Waals surface area (Å²) >= 11 is 16.2. The second kappa shape index (κ2) is 5.57. The first kappa shape index (κ1) is 13.8. The normalized spacial score (nSPS) is 10.4. The van der Waals surface area contributed by atoms with Crippen molar-refractivity contribution in [3.63, 3.8) is 0 Å². The molecule has 1 N–H and O–H groups in total. The Hall–Kier alpha value is -0.620. The van der Waals surface area contributed by atoms with E-state index in [1.54, 1.807) is 12.3 Å². The lowest BCUT2D eigenvalue weighted by Gasteiger charge is -2.05. The van der Waals surface area contributed by atoms with E-state index in [9.17, 15) is 4.79 Å². The molecule has 0 saturated carbocycles. The van der Waals surface area contributed by atoms with Crippen LogP contribution in [0.3, 0.4) is 0 Å². The maximum absolute atomic E-state index is 12.0. The summed E-state index contributed by atoms with van der Waals surface area (Å²) in [6, 6.07) is 3.36. The minimum absolute atomic E-state index is 0.299. The lowest BCUT2D eigenvalue weighted by molar-refractivity contribution is 0.102. The molecule has 18 heavy (non-hydrogen) atoms. The summed E-state index contributed by atoms with van der Waals surface area (Å²) in [6.07, 6.45) is 1.57. The van der Waals surface area contributed by atoms with Gasteiger partial charge in [0.25, 0.3) is 5.91 Å². The number of anilines is 1. The van der Waals surface area contributed by atoms with E-state index in [1.165, 1.54) is 0 Å². The van der Waals surface area contributed by atoms with Crippen LogP contribution in [0.15, 0.2) is 22.9 Å². The molecule has 2 aromatic heterocycles. The largest absolute Gasteiger partial charge is 0.321 e. The molecule has 3 nitrogen and oxygen atoms in total. The molecule has 2 rings (SSSR count). The van der Waals surface area contributed by atoms with Crippen molar-refractivity contribution < 1.29 is 4.79 Å². The standard InChI is InChI=1S/C11H7BrCl2N2OS/c1-5-2-6(4-15-9(5)12)16-11(17)7-3-8(13)18-10(7)14/h2-4H,1H3,(H,16,17). The van der Waals surface area contributed by atoms with Gasteiger partial charge in [0.1, 0.15) is 8.94 Å². The topological polar surface area (TPSA) is 42.0 Å². The number of hydrogen-bond donors (Lipinski definition) is 1. The molecule has 2 aromatic rings. The van der Waals surface area contributed by atoms with Crippen LogP contribution in [0, 0.1) is 6.92 Å². The fourth-order valence-corrected chi connectivity index (χ4v) is 3.00. The van der Waals surface area contributed by atoms with E-state index in [2.05, 4.69) is 26.2 Å². The number of thiophene rings is 1. The molecule has 0 aliphatic rings. The molecular formula is C11H7BrCl2N2OS. The Kier molecular flexibility index (Phi) is 4.27. The number of aryl methyl sites for hydroxylation is 1. The van der Waals surface area contributed by atoms with Crippen molar-refractivity contribution in [2.24, 2.45) is 0 Å². The van der Waals surface area contributed by atoms with E-state index in [0.29, 0.717) is 19.9 Å². The van der Waals surface area contributed by atoms with E-state index < -0.39 is 0 Å². The minimum Gasteiger partial charge on any atom is -0.321 e. The third-order valence-electron chi connectivity index (χ3n) is 2.17. The second-order valence-electron chi connectivity index (χ2n) is 3.52. The Morgan fingerprint density at radius 1 is 1.44 bits per heavy atom. The lowest BCUT2D eigenvalue weighted by Crippen LogP contribution is -2.11. The van der Waals surface area contributed by atoms with Crippen LogP contribution in [0.1, 0.15) is 15.9 Å². The van der Waals surface area contributed by atoms with Crippen LogP contribution >= 0.6 is 50.5 Å². The first-order valence-corrected chi connectivity index (χ1v) is 7.22. The van der Waals surface area contributed by atoms with Crippen LogP contribution in [0.5, 0.6) is 0 Å². The van der Waals surface area contributed by atoms with Crippen molar-refractivity contribution in [2.45, 2.75) is 6.92 Å². The highest BCUT2D eigenvalue weighted by molar-refractivity contribution is 9.10. The van der Waals surface area contributed by atoms with E-state index in [4.69, 9.17) is 23.2 Å². The second-order valence-corrected chi connectivity index (χ2v) is 6.56. The summed E-state index contributed by atoms with van der Waals surface area (Å²) in [5.41, 5.74) is 1.91. The third kappa shape index (κ3) is 3.03. The first-order chi connectivity index (χ1) is 8.47. The molecule has 0 fully saturated rings. The van der Waals surface area contributed by atoms with E-state index in [-0.39, 0.29) is 5.91 Å². The summed E-state index contributed by atoms with van der Waals surface area (Å²) in [5.74, 6) is -0.299. The molecule has 0 aliphatic carbocycles. The summed E-state index contributed by atoms with van der Waals surface area (Å²) in [5, 5.41) is 2.72. The number of nitrogens with zero attached hydrogens (tertiary/aromatic N) is 1. The predicted molar refractivity (Wildman–Crippen MR) is 79.0 cm³/mol. The maximum Gasteiger partial charge on any atom is 0.258 e. The fourth-order valence-electron chi connectivity index (χ4n) is 1.32. The molecule has 7 heteroatoms. The van der Waals surface area contributed by atoms with Gasteiger partial charge in [-0.25, -0.2) is 4.98 Å². The van der Waals surface area contributed by atoms with Gasteiger partial charge in [0.15, 0.2) is 0 Å². The Balaban J connectivity index is 2.21. The minimum atomic E-state index is -0.299. The van der Waals surface area contributed by atoms with Gasteiger partial charge in [0.2, 0.25) is 0 Å². The number of rotatable bonds is 2. The van der Waals surface area contributed by atoms with Crippen LogP contribution in [-0.2, 0) is 0 Å². The molecular weight excluding hydrogens is 359 g/mol. The van der Waals surface area contributed by atoms with E-state index in [1.807, 2.05) is 13.0 Å². The first-order valence-electron chi connectivity index (χ1n) is 4.85. The number of halogens is 3. The number of hydrogen-bond acceptors (Lipinski definition) is 3. The number of carbonyl (C=O) groups excluding carboxylic acids is 1. The zero-order chi connectivity index (χ0) is 13.3. The molecule has 0 unspecified atom stereocenters. The molecule has 2 heterocycles. The van der Waals surface area contributed by atoms with Crippen LogP contribution in [0.25, 0.3) is 0 Å². The van der Waals surface area contributed by atoms with Crippen molar-refractivity contribution in [2.75, 3.05) is 5.32 Å². The fraction of sp³-hybridized carbons (Fsp3) is 0.0909. The number of carbonyl (C=O) groups is 1. The van der Waals surface area contributed by atoms with E-state index >= 15 is 0 Å². The Morgan fingerprint density at radius 3 is 2.72 bits per heavy atom. The van der Waals surface area contributed by atoms with Gasteiger partial charge >= 0.3 is 0 Å². The Morgan fingerprint density at radius 2 is 2.17 bits per heavy atom. The highest BCUT2D eigenvalue weighted by atomic mass is 79.9. The maximum atomic E-state index is 12.0. The van der Waals surface area contributed by atoms with Gasteiger partial charge in [-0.05, 0) is 40.5 Å². The van der Waals surface area contributed by atoms with Crippen LogP contribution in [0.4, 0.5) is 5.69 Å². The van der Waals surface area contributed by atoms with Gasteiger partial charge < -0.3 is 5.32 Å². The number of aromatic nitrogens is 1. The van der Waals surface area contributed by atoms with Crippen molar-refractivity contribution in [3.8, 4) is 0 Å². The molecule has 0 aromatic carbocycles. The average molecular weight is 366 g/mol. The molecule has 0 radical (unpaired) electrons. The van der Waals surface area contributed by atoms with Gasteiger partial charge in [-0.15, -0.1) is 11.3 Å².